The van der Waals surface area contributed by atoms with Crippen LogP contribution in [0, 0.1) is 13.8 Å². The molecule has 0 spiro atoms. The average molecular weight is 576 g/mol. The lowest BCUT2D eigenvalue weighted by atomic mass is 10.0. The van der Waals surface area contributed by atoms with E-state index >= 15 is 0 Å². The number of hydrogen-bond donors (Lipinski definition) is 2. The van der Waals surface area contributed by atoms with Crippen LogP contribution >= 0.6 is 22.9 Å². The molecule has 16 heteroatoms. The Morgan fingerprint density at radius 2 is 1.89 bits per heavy atom. The van der Waals surface area contributed by atoms with Gasteiger partial charge in [0.1, 0.15) is 15.4 Å². The molecule has 0 bridgehead atoms. The number of thiophene rings is 1. The number of primary amides is 1. The van der Waals surface area contributed by atoms with Gasteiger partial charge in [-0.15, -0.1) is 11.3 Å². The molecule has 4 heterocycles. The molecule has 0 saturated carbocycles. The quantitative estimate of drug-likeness (QED) is 0.292. The summed E-state index contributed by atoms with van der Waals surface area (Å²) >= 11 is 6.49. The number of halogens is 6. The van der Waals surface area contributed by atoms with Gasteiger partial charge >= 0.3 is 6.18 Å². The molecule has 202 valence electrons. The highest BCUT2D eigenvalue weighted by Gasteiger charge is 2.38. The number of pyridine rings is 1. The van der Waals surface area contributed by atoms with Crippen molar-refractivity contribution in [2.45, 2.75) is 39.4 Å². The zero-order chi connectivity index (χ0) is 28.1. The van der Waals surface area contributed by atoms with Crippen LogP contribution < -0.4 is 11.1 Å². The molecule has 0 aliphatic heterocycles. The number of aryl methyl sites for hydroxylation is 2. The van der Waals surface area contributed by atoms with Crippen LogP contribution in [-0.4, -0.2) is 36.4 Å². The zero-order valence-corrected chi connectivity index (χ0v) is 21.5. The van der Waals surface area contributed by atoms with Crippen LogP contribution in [0.1, 0.15) is 45.3 Å². The number of fused-ring (bicyclic) bond motifs is 1. The number of nitrogens with zero attached hydrogens (tertiary/aromatic N) is 5. The monoisotopic (exact) mass is 575 g/mol. The van der Waals surface area contributed by atoms with E-state index in [0.29, 0.717) is 11.3 Å². The van der Waals surface area contributed by atoms with Crippen LogP contribution in [0.15, 0.2) is 12.3 Å². The third-order valence-electron chi connectivity index (χ3n) is 5.87. The second-order valence-corrected chi connectivity index (χ2v) is 9.66. The van der Waals surface area contributed by atoms with Gasteiger partial charge in [-0.2, -0.15) is 23.4 Å². The van der Waals surface area contributed by atoms with E-state index in [9.17, 15) is 31.5 Å². The second-order valence-electron chi connectivity index (χ2n) is 8.28. The molecular formula is C22H19ClF5N7O2S. The minimum absolute atomic E-state index is 0.0173. The van der Waals surface area contributed by atoms with Crippen molar-refractivity contribution in [1.29, 1.82) is 0 Å². The van der Waals surface area contributed by atoms with E-state index < -0.39 is 40.8 Å². The van der Waals surface area contributed by atoms with Crippen LogP contribution in [-0.2, 0) is 24.6 Å². The largest absolute Gasteiger partial charge is 0.436 e. The summed E-state index contributed by atoms with van der Waals surface area (Å²) < 4.78 is 69.1. The third kappa shape index (κ3) is 4.95. The molecule has 0 atom stereocenters. The molecule has 4 aromatic rings. The highest BCUT2D eigenvalue weighted by atomic mass is 35.5. The van der Waals surface area contributed by atoms with Gasteiger partial charge in [-0.25, -0.2) is 13.8 Å². The van der Waals surface area contributed by atoms with E-state index in [1.165, 1.54) is 17.8 Å². The maximum Gasteiger partial charge on any atom is 0.436 e. The summed E-state index contributed by atoms with van der Waals surface area (Å²) in [4.78, 5) is 29.0. The van der Waals surface area contributed by atoms with Gasteiger partial charge in [-0.3, -0.25) is 19.0 Å². The standard InChI is InChI=1S/C22H19ClF5N7O2S/c1-8-11(7-30-34(8)3)10-6-12(19(24)25)31-21-14(10)16(17(38-21)20(29)37)32-13(36)4-5-35-9(2)15(23)18(33-35)22(26,27)28/h6-7,19H,4-5H2,1-3H3,(H2,29,37)(H,32,36). The topological polar surface area (TPSA) is 121 Å². The summed E-state index contributed by atoms with van der Waals surface area (Å²) in [5.74, 6) is -1.63. The lowest BCUT2D eigenvalue weighted by Crippen LogP contribution is -2.19. The molecule has 38 heavy (non-hydrogen) atoms. The number of alkyl halides is 5. The number of nitrogens with two attached hydrogens (primary N) is 1. The summed E-state index contributed by atoms with van der Waals surface area (Å²) in [5.41, 5.74) is 5.01. The van der Waals surface area contributed by atoms with Crippen molar-refractivity contribution in [2.24, 2.45) is 12.8 Å². The lowest BCUT2D eigenvalue weighted by molar-refractivity contribution is -0.141. The summed E-state index contributed by atoms with van der Waals surface area (Å²) in [6, 6.07) is 1.15. The van der Waals surface area contributed by atoms with Crippen molar-refractivity contribution in [3.8, 4) is 11.1 Å². The fourth-order valence-corrected chi connectivity index (χ4v) is 5.09. The molecule has 2 amide bonds. The first-order valence-electron chi connectivity index (χ1n) is 10.8. The van der Waals surface area contributed by atoms with Gasteiger partial charge in [-0.1, -0.05) is 11.6 Å². The van der Waals surface area contributed by atoms with E-state index in [2.05, 4.69) is 20.5 Å². The molecule has 4 aromatic heterocycles. The van der Waals surface area contributed by atoms with Crippen LogP contribution in [0.2, 0.25) is 5.02 Å². The maximum absolute atomic E-state index is 13.6. The summed E-state index contributed by atoms with van der Waals surface area (Å²) in [6.07, 6.45) is -6.59. The number of amides is 2. The first kappa shape index (κ1) is 27.4. The van der Waals surface area contributed by atoms with Crippen LogP contribution in [0.4, 0.5) is 27.6 Å². The maximum atomic E-state index is 13.6. The number of anilines is 1. The second kappa shape index (κ2) is 9.94. The predicted octanol–water partition coefficient (Wildman–Crippen LogP) is 5.25. The van der Waals surface area contributed by atoms with Gasteiger partial charge in [0, 0.05) is 30.1 Å². The van der Waals surface area contributed by atoms with Crippen molar-refractivity contribution in [2.75, 3.05) is 5.32 Å². The molecule has 9 nitrogen and oxygen atoms in total. The number of carbonyl (C=O) groups excluding carboxylic acids is 2. The Balaban J connectivity index is 1.75. The average Bonchev–Trinajstić information content (AvgIpc) is 3.46. The molecular weight excluding hydrogens is 557 g/mol. The first-order valence-corrected chi connectivity index (χ1v) is 12.0. The molecule has 0 saturated heterocycles. The Morgan fingerprint density at radius 1 is 1.21 bits per heavy atom. The highest BCUT2D eigenvalue weighted by Crippen LogP contribution is 2.43. The Morgan fingerprint density at radius 3 is 2.42 bits per heavy atom. The zero-order valence-electron chi connectivity index (χ0n) is 20.0. The van der Waals surface area contributed by atoms with Gasteiger partial charge in [0.25, 0.3) is 12.3 Å². The predicted molar refractivity (Wildman–Crippen MR) is 130 cm³/mol. The van der Waals surface area contributed by atoms with Gasteiger partial charge in [0.15, 0.2) is 5.69 Å². The van der Waals surface area contributed by atoms with Gasteiger partial charge in [0.2, 0.25) is 5.91 Å². The Labute approximate surface area is 220 Å². The van der Waals surface area contributed by atoms with Crippen LogP contribution in [0.25, 0.3) is 21.3 Å². The van der Waals surface area contributed by atoms with E-state index in [1.807, 2.05) is 0 Å². The third-order valence-corrected chi connectivity index (χ3v) is 7.42. The van der Waals surface area contributed by atoms with E-state index in [1.54, 1.807) is 14.0 Å². The van der Waals surface area contributed by atoms with Crippen molar-refractivity contribution in [3.63, 3.8) is 0 Å². The fraction of sp³-hybridized carbons (Fsp3) is 0.318. The number of rotatable bonds is 7. The fourth-order valence-electron chi connectivity index (χ4n) is 3.83. The number of carbonyl (C=O) groups is 2. The number of aromatic nitrogens is 5. The normalized spacial score (nSPS) is 12.1. The Hall–Kier alpha value is -3.59. The molecule has 0 unspecified atom stereocenters. The summed E-state index contributed by atoms with van der Waals surface area (Å²) in [5, 5.41) is 9.78. The molecule has 0 fully saturated rings. The summed E-state index contributed by atoms with van der Waals surface area (Å²) in [7, 11) is 1.66. The number of nitrogens with one attached hydrogen (secondary N) is 1. The van der Waals surface area contributed by atoms with Crippen molar-refractivity contribution in [1.82, 2.24) is 24.5 Å². The molecule has 0 aromatic carbocycles. The van der Waals surface area contributed by atoms with Crippen molar-refractivity contribution in [3.05, 3.63) is 44.9 Å². The van der Waals surface area contributed by atoms with E-state index in [0.717, 1.165) is 22.1 Å². The molecule has 0 aliphatic carbocycles. The van der Waals surface area contributed by atoms with Crippen molar-refractivity contribution >= 4 is 50.7 Å². The van der Waals surface area contributed by atoms with Gasteiger partial charge in [-0.05, 0) is 25.5 Å². The first-order chi connectivity index (χ1) is 17.7. The molecule has 0 aliphatic rings. The smallest absolute Gasteiger partial charge is 0.365 e. The van der Waals surface area contributed by atoms with Crippen LogP contribution in [0.5, 0.6) is 0 Å². The highest BCUT2D eigenvalue weighted by molar-refractivity contribution is 7.21. The number of hydrogen-bond acceptors (Lipinski definition) is 6. The lowest BCUT2D eigenvalue weighted by Gasteiger charge is -2.11. The molecule has 4 rings (SSSR count). The van der Waals surface area contributed by atoms with Crippen LogP contribution in [0.3, 0.4) is 0 Å². The SMILES string of the molecule is Cc1c(-c2cc(C(F)F)nc3sc(C(N)=O)c(NC(=O)CCn4nc(C(F)(F)F)c(Cl)c4C)c23)cnn1C. The van der Waals surface area contributed by atoms with Crippen molar-refractivity contribution < 1.29 is 31.5 Å². The summed E-state index contributed by atoms with van der Waals surface area (Å²) in [6.45, 7) is 2.78. The molecule has 0 radical (unpaired) electrons. The molecule has 3 N–H and O–H groups in total. The van der Waals surface area contributed by atoms with E-state index in [4.69, 9.17) is 17.3 Å². The Kier molecular flexibility index (Phi) is 7.18. The van der Waals surface area contributed by atoms with Gasteiger partial charge in [0.05, 0.1) is 29.1 Å². The minimum atomic E-state index is -4.77. The van der Waals surface area contributed by atoms with Gasteiger partial charge < -0.3 is 11.1 Å². The van der Waals surface area contributed by atoms with E-state index in [-0.39, 0.29) is 45.0 Å². The minimum Gasteiger partial charge on any atom is -0.365 e. The Bertz CT molecular complexity index is 1570.